The van der Waals surface area contributed by atoms with Crippen LogP contribution in [0.1, 0.15) is 75.8 Å². The molecular formula is C28H29FO10. The van der Waals surface area contributed by atoms with E-state index in [-0.39, 0.29) is 40.8 Å². The first-order valence-corrected chi connectivity index (χ1v) is 12.6. The minimum atomic E-state index is -2.04. The topological polar surface area (TPSA) is 160 Å². The van der Waals surface area contributed by atoms with E-state index in [2.05, 4.69) is 0 Å². The van der Waals surface area contributed by atoms with Gasteiger partial charge in [-0.05, 0) is 18.9 Å². The third-order valence-electron chi connectivity index (χ3n) is 8.05. The van der Waals surface area contributed by atoms with E-state index in [0.717, 1.165) is 6.92 Å². The van der Waals surface area contributed by atoms with Gasteiger partial charge in [0.2, 0.25) is 5.78 Å². The molecule has 4 N–H and O–H groups in total. The van der Waals surface area contributed by atoms with Crippen molar-refractivity contribution in [3.63, 3.8) is 0 Å². The molecule has 0 spiro atoms. The van der Waals surface area contributed by atoms with Gasteiger partial charge in [-0.3, -0.25) is 14.4 Å². The molecule has 6 atom stereocenters. The number of aromatic hydroxyl groups is 2. The summed E-state index contributed by atoms with van der Waals surface area (Å²) in [5.74, 6) is -3.78. The second-order valence-electron chi connectivity index (χ2n) is 10.4. The Morgan fingerprint density at radius 2 is 1.85 bits per heavy atom. The van der Waals surface area contributed by atoms with Gasteiger partial charge in [0, 0.05) is 36.0 Å². The summed E-state index contributed by atoms with van der Waals surface area (Å²) < 4.78 is 30.4. The van der Waals surface area contributed by atoms with Crippen molar-refractivity contribution in [3.05, 3.63) is 51.6 Å². The number of hydrogen-bond donors (Lipinski definition) is 4. The number of rotatable bonds is 5. The molecule has 0 amide bonds. The van der Waals surface area contributed by atoms with Crippen LogP contribution in [0.3, 0.4) is 0 Å². The first-order chi connectivity index (χ1) is 18.4. The Kier molecular flexibility index (Phi) is 6.74. The van der Waals surface area contributed by atoms with Gasteiger partial charge in [0.25, 0.3) is 0 Å². The van der Waals surface area contributed by atoms with E-state index in [1.165, 1.54) is 25.3 Å². The van der Waals surface area contributed by atoms with Gasteiger partial charge in [0.05, 0.1) is 36.0 Å². The van der Waals surface area contributed by atoms with Crippen LogP contribution in [0.25, 0.3) is 0 Å². The summed E-state index contributed by atoms with van der Waals surface area (Å²) in [5, 5.41) is 44.2. The summed E-state index contributed by atoms with van der Waals surface area (Å²) in [4.78, 5) is 39.6. The normalized spacial score (nSPS) is 29.8. The van der Waals surface area contributed by atoms with Gasteiger partial charge < -0.3 is 34.6 Å². The second kappa shape index (κ2) is 9.67. The molecule has 208 valence electrons. The van der Waals surface area contributed by atoms with E-state index in [9.17, 15) is 39.2 Å². The highest BCUT2D eigenvalue weighted by Crippen LogP contribution is 2.52. The summed E-state index contributed by atoms with van der Waals surface area (Å²) >= 11 is 0. The van der Waals surface area contributed by atoms with Gasteiger partial charge in [0.15, 0.2) is 17.9 Å². The van der Waals surface area contributed by atoms with Crippen molar-refractivity contribution in [2.75, 3.05) is 13.8 Å². The summed E-state index contributed by atoms with van der Waals surface area (Å²) in [6, 6.07) is 4.39. The van der Waals surface area contributed by atoms with Crippen LogP contribution in [0.5, 0.6) is 17.2 Å². The van der Waals surface area contributed by atoms with Crippen molar-refractivity contribution in [2.24, 2.45) is 5.92 Å². The average molecular weight is 545 g/mol. The standard InChI is InChI=1S/C28H29FO10/c1-11-7-18(39-17(10-29)23(11)31)38-16-9-28(36,12(2)30)8-14-20(16)27(35)22-21(25(14)33)24(32)13-5-4-6-15(37-3)19(13)26(22)34/h4-6,11,16-18,23,31,33,35-36H,7-10H2,1-3H3. The Morgan fingerprint density at radius 1 is 1.15 bits per heavy atom. The minimum absolute atomic E-state index is 0.0349. The van der Waals surface area contributed by atoms with Crippen LogP contribution in [0.15, 0.2) is 18.2 Å². The number of carbonyl (C=O) groups is 3. The lowest BCUT2D eigenvalue weighted by molar-refractivity contribution is -0.261. The number of phenolic OH excluding ortho intramolecular Hbond substituents is 2. The molecule has 2 aliphatic carbocycles. The molecule has 2 aromatic carbocycles. The van der Waals surface area contributed by atoms with E-state index >= 15 is 0 Å². The zero-order valence-electron chi connectivity index (χ0n) is 21.6. The maximum atomic E-state index is 13.6. The van der Waals surface area contributed by atoms with Crippen LogP contribution < -0.4 is 4.74 Å². The Balaban J connectivity index is 1.67. The summed E-state index contributed by atoms with van der Waals surface area (Å²) in [6.45, 7) is 1.85. The van der Waals surface area contributed by atoms with Crippen LogP contribution in [-0.4, -0.2) is 75.7 Å². The summed E-state index contributed by atoms with van der Waals surface area (Å²) in [7, 11) is 1.33. The highest BCUT2D eigenvalue weighted by molar-refractivity contribution is 6.31. The van der Waals surface area contributed by atoms with Gasteiger partial charge in [-0.25, -0.2) is 4.39 Å². The Morgan fingerprint density at radius 3 is 2.49 bits per heavy atom. The lowest BCUT2D eigenvalue weighted by atomic mass is 9.72. The average Bonchev–Trinajstić information content (AvgIpc) is 2.90. The fourth-order valence-electron chi connectivity index (χ4n) is 5.84. The molecule has 0 saturated carbocycles. The molecule has 0 aromatic heterocycles. The van der Waals surface area contributed by atoms with Gasteiger partial charge in [-0.1, -0.05) is 19.1 Å². The lowest BCUT2D eigenvalue weighted by Gasteiger charge is -2.42. The zero-order chi connectivity index (χ0) is 28.4. The fraction of sp³-hybridized carbons (Fsp3) is 0.464. The molecule has 39 heavy (non-hydrogen) atoms. The van der Waals surface area contributed by atoms with Crippen LogP contribution >= 0.6 is 0 Å². The largest absolute Gasteiger partial charge is 0.507 e. The molecule has 2 aromatic rings. The molecule has 6 unspecified atom stereocenters. The molecule has 1 heterocycles. The molecule has 1 saturated heterocycles. The second-order valence-corrected chi connectivity index (χ2v) is 10.4. The first kappa shape index (κ1) is 27.2. The molecule has 1 aliphatic heterocycles. The molecule has 10 nitrogen and oxygen atoms in total. The Hall–Kier alpha value is -3.38. The number of benzene rings is 2. The highest BCUT2D eigenvalue weighted by Gasteiger charge is 2.49. The van der Waals surface area contributed by atoms with Crippen molar-refractivity contribution in [1.29, 1.82) is 0 Å². The number of aliphatic hydroxyl groups excluding tert-OH is 1. The molecule has 0 bridgehead atoms. The number of methoxy groups -OCH3 is 1. The third-order valence-corrected chi connectivity index (χ3v) is 8.05. The quantitative estimate of drug-likeness (QED) is 0.351. The van der Waals surface area contributed by atoms with Gasteiger partial charge in [-0.15, -0.1) is 0 Å². The number of hydrogen-bond acceptors (Lipinski definition) is 10. The molecule has 11 heteroatoms. The van der Waals surface area contributed by atoms with Gasteiger partial charge in [-0.2, -0.15) is 0 Å². The van der Waals surface area contributed by atoms with Crippen LogP contribution in [0.4, 0.5) is 4.39 Å². The Bertz CT molecular complexity index is 1390. The maximum absolute atomic E-state index is 13.6. The van der Waals surface area contributed by atoms with E-state index in [1.54, 1.807) is 6.92 Å². The number of halogens is 1. The SMILES string of the molecule is COc1cccc2c1C(=O)c1c(O)c3c(c(O)c1C2=O)CC(O)(C(C)=O)CC3OC1CC(C)C(O)C(CF)O1. The molecule has 5 rings (SSSR count). The number of ether oxygens (including phenoxy) is 3. The van der Waals surface area contributed by atoms with E-state index in [0.29, 0.717) is 0 Å². The first-order valence-electron chi connectivity index (χ1n) is 12.6. The van der Waals surface area contributed by atoms with Crippen molar-refractivity contribution < 1.29 is 53.4 Å². The van der Waals surface area contributed by atoms with Crippen molar-refractivity contribution in [1.82, 2.24) is 0 Å². The van der Waals surface area contributed by atoms with Gasteiger partial charge >= 0.3 is 0 Å². The molecule has 1 fully saturated rings. The van der Waals surface area contributed by atoms with Crippen LogP contribution in [-0.2, 0) is 20.7 Å². The minimum Gasteiger partial charge on any atom is -0.507 e. The number of phenols is 2. The maximum Gasteiger partial charge on any atom is 0.202 e. The summed E-state index contributed by atoms with van der Waals surface area (Å²) in [6.07, 6.45) is -5.36. The van der Waals surface area contributed by atoms with Crippen molar-refractivity contribution >= 4 is 17.3 Å². The molecule has 3 aliphatic rings. The van der Waals surface area contributed by atoms with E-state index < -0.39 is 89.2 Å². The number of aliphatic hydroxyl groups is 2. The molecule has 0 radical (unpaired) electrons. The molecular weight excluding hydrogens is 515 g/mol. The van der Waals surface area contributed by atoms with Gasteiger partial charge in [0.1, 0.15) is 35.6 Å². The number of fused-ring (bicyclic) bond motifs is 3. The predicted molar refractivity (Wildman–Crippen MR) is 132 cm³/mol. The van der Waals surface area contributed by atoms with Crippen molar-refractivity contribution in [3.8, 4) is 17.2 Å². The number of ketones is 3. The number of alkyl halides is 1. The van der Waals surface area contributed by atoms with E-state index in [4.69, 9.17) is 14.2 Å². The monoisotopic (exact) mass is 544 g/mol. The fourth-order valence-corrected chi connectivity index (χ4v) is 5.84. The lowest BCUT2D eigenvalue weighted by Crippen LogP contribution is -2.48. The third kappa shape index (κ3) is 4.11. The van der Waals surface area contributed by atoms with Crippen molar-refractivity contribution in [2.45, 2.75) is 63.3 Å². The number of Topliss-reactive ketones (excluding diaryl/α,β-unsaturated/α-hetero) is 1. The number of carbonyl (C=O) groups excluding carboxylic acids is 3. The zero-order valence-corrected chi connectivity index (χ0v) is 21.6. The van der Waals surface area contributed by atoms with Crippen LogP contribution in [0, 0.1) is 5.92 Å². The summed E-state index contributed by atoms with van der Waals surface area (Å²) in [5.41, 5.74) is -3.28. The van der Waals surface area contributed by atoms with Crippen LogP contribution in [0.2, 0.25) is 0 Å². The predicted octanol–water partition coefficient (Wildman–Crippen LogP) is 2.29. The highest BCUT2D eigenvalue weighted by atomic mass is 19.1. The van der Waals surface area contributed by atoms with E-state index in [1.807, 2.05) is 0 Å². The smallest absolute Gasteiger partial charge is 0.202 e. The Labute approximate surface area is 222 Å².